The second-order valence-corrected chi connectivity index (χ2v) is 2.94. The van der Waals surface area contributed by atoms with E-state index >= 15 is 0 Å². The molecule has 0 spiro atoms. The second-order valence-electron chi connectivity index (χ2n) is 2.94. The molecule has 0 radical (unpaired) electrons. The molecule has 0 saturated heterocycles. The van der Waals surface area contributed by atoms with Crippen molar-refractivity contribution in [1.82, 2.24) is 15.8 Å². The fraction of sp³-hybridized carbons (Fsp3) is 0.500. The van der Waals surface area contributed by atoms with Crippen molar-refractivity contribution in [3.05, 3.63) is 17.0 Å². The van der Waals surface area contributed by atoms with Crippen LogP contribution in [0.15, 0.2) is 4.52 Å². The number of amides is 1. The summed E-state index contributed by atoms with van der Waals surface area (Å²) in [4.78, 5) is 11.3. The third kappa shape index (κ3) is 1.31. The lowest BCUT2D eigenvalue weighted by atomic mass is 10.1. The van der Waals surface area contributed by atoms with E-state index in [4.69, 9.17) is 4.52 Å². The van der Waals surface area contributed by atoms with E-state index in [-0.39, 0.29) is 5.91 Å². The summed E-state index contributed by atoms with van der Waals surface area (Å²) in [5.74, 6) is 0.644. The summed E-state index contributed by atoms with van der Waals surface area (Å²) < 4.78 is 5.06. The molecule has 5 heteroatoms. The molecule has 0 atom stereocenters. The topological polar surface area (TPSA) is 67.2 Å². The van der Waals surface area contributed by atoms with Crippen LogP contribution in [0.25, 0.3) is 0 Å². The van der Waals surface area contributed by atoms with Crippen LogP contribution in [0.5, 0.6) is 0 Å². The molecule has 2 rings (SSSR count). The van der Waals surface area contributed by atoms with Crippen LogP contribution in [0.1, 0.15) is 21.8 Å². The average molecular weight is 181 g/mol. The molecule has 0 fully saturated rings. The number of carbonyl (C=O) groups is 1. The Hall–Kier alpha value is -1.36. The molecule has 13 heavy (non-hydrogen) atoms. The van der Waals surface area contributed by atoms with Gasteiger partial charge in [-0.3, -0.25) is 4.79 Å². The van der Waals surface area contributed by atoms with Crippen LogP contribution >= 0.6 is 0 Å². The first-order valence-corrected chi connectivity index (χ1v) is 4.23. The fourth-order valence-corrected chi connectivity index (χ4v) is 1.43. The number of rotatable bonds is 1. The number of hydrogen-bond donors (Lipinski definition) is 2. The summed E-state index contributed by atoms with van der Waals surface area (Å²) in [6.45, 7) is 1.55. The largest absolute Gasteiger partial charge is 0.360 e. The summed E-state index contributed by atoms with van der Waals surface area (Å²) in [7, 11) is 1.58. The lowest BCUT2D eigenvalue weighted by Gasteiger charge is -2.10. The van der Waals surface area contributed by atoms with Crippen LogP contribution in [0.3, 0.4) is 0 Å². The van der Waals surface area contributed by atoms with Gasteiger partial charge in [0.05, 0.1) is 0 Å². The van der Waals surface area contributed by atoms with Crippen LogP contribution in [0.4, 0.5) is 0 Å². The van der Waals surface area contributed by atoms with Crippen LogP contribution in [-0.4, -0.2) is 24.7 Å². The van der Waals surface area contributed by atoms with Crippen molar-refractivity contribution in [3.8, 4) is 0 Å². The summed E-state index contributed by atoms with van der Waals surface area (Å²) in [5, 5.41) is 9.44. The first-order valence-electron chi connectivity index (χ1n) is 4.23. The number of nitrogens with one attached hydrogen (secondary N) is 2. The molecule has 0 aliphatic carbocycles. The molecule has 1 aromatic heterocycles. The van der Waals surface area contributed by atoms with Crippen LogP contribution in [0, 0.1) is 0 Å². The quantitative estimate of drug-likeness (QED) is 0.623. The molecule has 0 bridgehead atoms. The Bertz CT molecular complexity index is 332. The molecular weight excluding hydrogens is 170 g/mol. The molecule has 5 nitrogen and oxygen atoms in total. The molecule has 70 valence electrons. The van der Waals surface area contributed by atoms with Crippen molar-refractivity contribution in [3.63, 3.8) is 0 Å². The minimum absolute atomic E-state index is 0.186. The first kappa shape index (κ1) is 8.25. The number of carbonyl (C=O) groups excluding carboxylic acids is 1. The predicted octanol–water partition coefficient (Wildman–Crippen LogP) is -0.320. The average Bonchev–Trinajstić information content (AvgIpc) is 2.60. The summed E-state index contributed by atoms with van der Waals surface area (Å²) in [5.41, 5.74) is 1.30. The van der Waals surface area contributed by atoms with Crippen molar-refractivity contribution < 1.29 is 9.32 Å². The highest BCUT2D eigenvalue weighted by molar-refractivity contribution is 5.93. The van der Waals surface area contributed by atoms with Gasteiger partial charge in [-0.2, -0.15) is 0 Å². The molecular formula is C8H11N3O2. The van der Waals surface area contributed by atoms with Gasteiger partial charge in [0.15, 0.2) is 5.69 Å². The summed E-state index contributed by atoms with van der Waals surface area (Å²) in [6.07, 6.45) is 0.805. The van der Waals surface area contributed by atoms with Crippen molar-refractivity contribution in [2.24, 2.45) is 0 Å². The third-order valence-corrected chi connectivity index (χ3v) is 2.14. The molecule has 1 aliphatic rings. The maximum Gasteiger partial charge on any atom is 0.273 e. The second kappa shape index (κ2) is 3.18. The molecule has 1 amide bonds. The zero-order valence-corrected chi connectivity index (χ0v) is 7.39. The molecule has 1 aliphatic heterocycles. The van der Waals surface area contributed by atoms with Crippen molar-refractivity contribution in [1.29, 1.82) is 0 Å². The maximum absolute atomic E-state index is 11.3. The van der Waals surface area contributed by atoms with Gasteiger partial charge in [0.25, 0.3) is 5.91 Å². The maximum atomic E-state index is 11.3. The van der Waals surface area contributed by atoms with Gasteiger partial charge in [0.1, 0.15) is 5.76 Å². The Morgan fingerprint density at radius 2 is 2.54 bits per heavy atom. The molecule has 1 aromatic rings. The first-order chi connectivity index (χ1) is 6.33. The van der Waals surface area contributed by atoms with Gasteiger partial charge in [-0.25, -0.2) is 0 Å². The van der Waals surface area contributed by atoms with E-state index in [0.717, 1.165) is 24.3 Å². The van der Waals surface area contributed by atoms with E-state index in [1.54, 1.807) is 7.05 Å². The third-order valence-electron chi connectivity index (χ3n) is 2.14. The zero-order valence-electron chi connectivity index (χ0n) is 7.39. The zero-order chi connectivity index (χ0) is 9.26. The fourth-order valence-electron chi connectivity index (χ4n) is 1.43. The minimum Gasteiger partial charge on any atom is -0.360 e. The normalized spacial score (nSPS) is 15.2. The van der Waals surface area contributed by atoms with Gasteiger partial charge in [-0.05, 0) is 0 Å². The molecule has 0 unspecified atom stereocenters. The highest BCUT2D eigenvalue weighted by Gasteiger charge is 2.22. The SMILES string of the molecule is CNC(=O)c1noc2c1CNCC2. The summed E-state index contributed by atoms with van der Waals surface area (Å²) >= 11 is 0. The van der Waals surface area contributed by atoms with Gasteiger partial charge in [0.2, 0.25) is 0 Å². The van der Waals surface area contributed by atoms with Crippen LogP contribution in [0.2, 0.25) is 0 Å². The van der Waals surface area contributed by atoms with Gasteiger partial charge in [-0.15, -0.1) is 0 Å². The van der Waals surface area contributed by atoms with Gasteiger partial charge in [0, 0.05) is 32.1 Å². The van der Waals surface area contributed by atoms with Crippen LogP contribution < -0.4 is 10.6 Å². The Balaban J connectivity index is 2.36. The van der Waals surface area contributed by atoms with Gasteiger partial charge < -0.3 is 15.2 Å². The number of aromatic nitrogens is 1. The van der Waals surface area contributed by atoms with E-state index in [2.05, 4.69) is 15.8 Å². The van der Waals surface area contributed by atoms with Gasteiger partial charge in [-0.1, -0.05) is 5.16 Å². The van der Waals surface area contributed by atoms with Crippen molar-refractivity contribution in [2.45, 2.75) is 13.0 Å². The highest BCUT2D eigenvalue weighted by atomic mass is 16.5. The Kier molecular flexibility index (Phi) is 2.02. The predicted molar refractivity (Wildman–Crippen MR) is 45.3 cm³/mol. The van der Waals surface area contributed by atoms with Crippen molar-refractivity contribution >= 4 is 5.91 Å². The van der Waals surface area contributed by atoms with E-state index in [1.807, 2.05) is 0 Å². The summed E-state index contributed by atoms with van der Waals surface area (Å²) in [6, 6.07) is 0. The van der Waals surface area contributed by atoms with Crippen molar-refractivity contribution in [2.75, 3.05) is 13.6 Å². The van der Waals surface area contributed by atoms with E-state index < -0.39 is 0 Å². The van der Waals surface area contributed by atoms with Crippen LogP contribution in [-0.2, 0) is 13.0 Å². The smallest absolute Gasteiger partial charge is 0.273 e. The number of nitrogens with zero attached hydrogens (tertiary/aromatic N) is 1. The lowest BCUT2D eigenvalue weighted by molar-refractivity contribution is 0.0953. The monoisotopic (exact) mass is 181 g/mol. The Labute approximate surface area is 75.5 Å². The minimum atomic E-state index is -0.186. The Morgan fingerprint density at radius 1 is 1.69 bits per heavy atom. The molecule has 0 saturated carbocycles. The lowest BCUT2D eigenvalue weighted by Crippen LogP contribution is -2.26. The highest BCUT2D eigenvalue weighted by Crippen LogP contribution is 2.17. The molecule has 0 aromatic carbocycles. The Morgan fingerprint density at radius 3 is 3.31 bits per heavy atom. The van der Waals surface area contributed by atoms with E-state index in [0.29, 0.717) is 12.2 Å². The standard InChI is InChI=1S/C8H11N3O2/c1-9-8(12)7-5-4-10-3-2-6(5)13-11-7/h10H,2-4H2,1H3,(H,9,12). The van der Waals surface area contributed by atoms with E-state index in [1.165, 1.54) is 0 Å². The number of fused-ring (bicyclic) bond motifs is 1. The van der Waals surface area contributed by atoms with E-state index in [9.17, 15) is 4.79 Å². The number of hydrogen-bond acceptors (Lipinski definition) is 4. The molecule has 2 N–H and O–H groups in total. The molecule has 2 heterocycles. The van der Waals surface area contributed by atoms with Gasteiger partial charge >= 0.3 is 0 Å².